The zero-order chi connectivity index (χ0) is 20.1. The number of rotatable bonds is 7. The molecule has 1 aliphatic rings. The van der Waals surface area contributed by atoms with E-state index in [1.54, 1.807) is 6.20 Å². The van der Waals surface area contributed by atoms with Crippen LogP contribution in [0.25, 0.3) is 0 Å². The summed E-state index contributed by atoms with van der Waals surface area (Å²) >= 11 is 0. The smallest absolute Gasteiger partial charge is 0.328 e. The van der Waals surface area contributed by atoms with Crippen molar-refractivity contribution in [2.75, 3.05) is 37.7 Å². The van der Waals surface area contributed by atoms with Crippen molar-refractivity contribution in [3.05, 3.63) is 30.6 Å². The van der Waals surface area contributed by atoms with Gasteiger partial charge < -0.3 is 25.2 Å². The number of carbonyl (C=O) groups is 2. The number of aliphatic carboxylic acids is 2. The predicted molar refractivity (Wildman–Crippen MR) is 103 cm³/mol. The second-order valence-electron chi connectivity index (χ2n) is 6.51. The van der Waals surface area contributed by atoms with Gasteiger partial charge in [-0.1, -0.05) is 13.8 Å². The van der Waals surface area contributed by atoms with E-state index in [4.69, 9.17) is 14.9 Å². The molecule has 0 amide bonds. The Labute approximate surface area is 159 Å². The quantitative estimate of drug-likeness (QED) is 0.617. The molecular formula is C19H29N3O5. The van der Waals surface area contributed by atoms with Gasteiger partial charge in [0.15, 0.2) is 0 Å². The number of aromatic nitrogens is 1. The molecule has 0 radical (unpaired) electrons. The van der Waals surface area contributed by atoms with Crippen molar-refractivity contribution in [3.8, 4) is 5.75 Å². The lowest BCUT2D eigenvalue weighted by Crippen LogP contribution is -2.27. The highest BCUT2D eigenvalue weighted by atomic mass is 16.5. The highest BCUT2D eigenvalue weighted by molar-refractivity contribution is 5.89. The third-order valence-electron chi connectivity index (χ3n) is 3.74. The van der Waals surface area contributed by atoms with Crippen molar-refractivity contribution >= 4 is 17.6 Å². The van der Waals surface area contributed by atoms with Crippen molar-refractivity contribution < 1.29 is 24.5 Å². The van der Waals surface area contributed by atoms with E-state index >= 15 is 0 Å². The number of nitrogens with one attached hydrogen (secondary N) is 1. The summed E-state index contributed by atoms with van der Waals surface area (Å²) < 4.78 is 5.77. The van der Waals surface area contributed by atoms with Gasteiger partial charge in [-0.25, -0.2) is 9.59 Å². The van der Waals surface area contributed by atoms with E-state index in [1.165, 1.54) is 12.1 Å². The highest BCUT2D eigenvalue weighted by Gasteiger charge is 2.10. The van der Waals surface area contributed by atoms with E-state index in [1.807, 2.05) is 6.20 Å². The van der Waals surface area contributed by atoms with Gasteiger partial charge in [0.1, 0.15) is 5.75 Å². The van der Waals surface area contributed by atoms with Crippen molar-refractivity contribution in [2.45, 2.75) is 26.7 Å². The van der Waals surface area contributed by atoms with E-state index < -0.39 is 11.9 Å². The minimum Gasteiger partial charge on any atom is -0.492 e. The standard InChI is InChI=1S/C15H25N3O.C4H4O4/c1-13(2)4-9-19-15-10-14(11-17-12-15)18-7-3-5-16-6-8-18;5-3(6)1-2-4(7)8/h10-13,16H,3-9H2,1-2H3;1-2H,(H,5,6)(H,7,8)/b;2-1+. The van der Waals surface area contributed by atoms with Gasteiger partial charge in [-0.3, -0.25) is 4.98 Å². The molecule has 0 aromatic carbocycles. The Bertz CT molecular complexity index is 595. The van der Waals surface area contributed by atoms with Crippen molar-refractivity contribution in [1.29, 1.82) is 0 Å². The van der Waals surface area contributed by atoms with Crippen LogP contribution in [0.3, 0.4) is 0 Å². The number of nitrogens with zero attached hydrogens (tertiary/aromatic N) is 2. The number of ether oxygens (including phenoxy) is 1. The minimum absolute atomic E-state index is 0.558. The zero-order valence-electron chi connectivity index (χ0n) is 15.9. The molecule has 150 valence electrons. The summed E-state index contributed by atoms with van der Waals surface area (Å²) in [5.41, 5.74) is 1.17. The Hall–Kier alpha value is -2.61. The summed E-state index contributed by atoms with van der Waals surface area (Å²) in [6, 6.07) is 2.11. The third kappa shape index (κ3) is 10.9. The first-order chi connectivity index (χ1) is 12.9. The lowest BCUT2D eigenvalue weighted by Gasteiger charge is -2.22. The first kappa shape index (κ1) is 22.4. The molecule has 2 rings (SSSR count). The maximum Gasteiger partial charge on any atom is 0.328 e. The molecular weight excluding hydrogens is 350 g/mol. The average Bonchev–Trinajstić information content (AvgIpc) is 2.90. The SMILES string of the molecule is CC(C)CCOc1cncc(N2CCCNCC2)c1.O=C(O)/C=C/C(=O)O. The number of carboxylic acids is 2. The lowest BCUT2D eigenvalue weighted by atomic mass is 10.1. The summed E-state index contributed by atoms with van der Waals surface area (Å²) in [5, 5.41) is 19.0. The molecule has 1 saturated heterocycles. The summed E-state index contributed by atoms with van der Waals surface area (Å²) in [6.45, 7) is 9.46. The van der Waals surface area contributed by atoms with E-state index in [-0.39, 0.29) is 0 Å². The van der Waals surface area contributed by atoms with Crippen molar-refractivity contribution in [1.82, 2.24) is 10.3 Å². The molecule has 0 spiro atoms. The maximum atomic E-state index is 9.55. The molecule has 1 fully saturated rings. The van der Waals surface area contributed by atoms with E-state index in [0.29, 0.717) is 18.1 Å². The molecule has 2 heterocycles. The summed E-state index contributed by atoms with van der Waals surface area (Å²) in [4.78, 5) is 25.8. The molecule has 0 aliphatic carbocycles. The van der Waals surface area contributed by atoms with Gasteiger partial charge in [-0.15, -0.1) is 0 Å². The maximum absolute atomic E-state index is 9.55. The number of hydrogen-bond acceptors (Lipinski definition) is 6. The fourth-order valence-corrected chi connectivity index (χ4v) is 2.32. The van der Waals surface area contributed by atoms with Gasteiger partial charge in [0.05, 0.1) is 24.7 Å². The van der Waals surface area contributed by atoms with E-state index in [2.05, 4.69) is 35.1 Å². The second-order valence-corrected chi connectivity index (χ2v) is 6.51. The van der Waals surface area contributed by atoms with Crippen LogP contribution >= 0.6 is 0 Å². The fourth-order valence-electron chi connectivity index (χ4n) is 2.32. The van der Waals surface area contributed by atoms with Crippen LogP contribution in [0, 0.1) is 5.92 Å². The molecule has 8 heteroatoms. The van der Waals surface area contributed by atoms with Gasteiger partial charge in [0.25, 0.3) is 0 Å². The van der Waals surface area contributed by atoms with Gasteiger partial charge in [-0.05, 0) is 25.3 Å². The van der Waals surface area contributed by atoms with Gasteiger partial charge in [0.2, 0.25) is 0 Å². The van der Waals surface area contributed by atoms with Crippen LogP contribution in [0.1, 0.15) is 26.7 Å². The first-order valence-corrected chi connectivity index (χ1v) is 9.06. The highest BCUT2D eigenvalue weighted by Crippen LogP contribution is 2.20. The molecule has 1 aromatic heterocycles. The van der Waals surface area contributed by atoms with Crippen LogP contribution in [-0.4, -0.2) is 59.9 Å². The van der Waals surface area contributed by atoms with Gasteiger partial charge in [0, 0.05) is 37.9 Å². The Kier molecular flexibility index (Phi) is 10.5. The second kappa shape index (κ2) is 12.7. The van der Waals surface area contributed by atoms with E-state index in [0.717, 1.165) is 45.0 Å². The average molecular weight is 379 g/mol. The molecule has 1 aliphatic heterocycles. The molecule has 8 nitrogen and oxygen atoms in total. The third-order valence-corrected chi connectivity index (χ3v) is 3.74. The molecule has 0 atom stereocenters. The van der Waals surface area contributed by atoms with Crippen molar-refractivity contribution in [2.24, 2.45) is 5.92 Å². The van der Waals surface area contributed by atoms with Crippen LogP contribution in [0.15, 0.2) is 30.6 Å². The van der Waals surface area contributed by atoms with E-state index in [9.17, 15) is 9.59 Å². The van der Waals surface area contributed by atoms with Gasteiger partial charge in [-0.2, -0.15) is 0 Å². The van der Waals surface area contributed by atoms with Crippen molar-refractivity contribution in [3.63, 3.8) is 0 Å². The van der Waals surface area contributed by atoms with Crippen LogP contribution < -0.4 is 15.0 Å². The lowest BCUT2D eigenvalue weighted by molar-refractivity contribution is -0.134. The Morgan fingerprint density at radius 2 is 1.93 bits per heavy atom. The molecule has 27 heavy (non-hydrogen) atoms. The molecule has 3 N–H and O–H groups in total. The Morgan fingerprint density at radius 3 is 2.56 bits per heavy atom. The van der Waals surface area contributed by atoms with Crippen LogP contribution in [0.4, 0.5) is 5.69 Å². The van der Waals surface area contributed by atoms with Crippen LogP contribution in [0.2, 0.25) is 0 Å². The Morgan fingerprint density at radius 1 is 1.22 bits per heavy atom. The minimum atomic E-state index is -1.26. The summed E-state index contributed by atoms with van der Waals surface area (Å²) in [6.07, 6.45) is 7.11. The number of hydrogen-bond donors (Lipinski definition) is 3. The number of anilines is 1. The number of carboxylic acid groups (broad SMARTS) is 2. The normalized spacial score (nSPS) is 14.4. The zero-order valence-corrected chi connectivity index (χ0v) is 15.9. The fraction of sp³-hybridized carbons (Fsp3) is 0.526. The first-order valence-electron chi connectivity index (χ1n) is 9.06. The predicted octanol–water partition coefficient (Wildman–Crippen LogP) is 2.02. The summed E-state index contributed by atoms with van der Waals surface area (Å²) in [5.74, 6) is -0.956. The van der Waals surface area contributed by atoms with Gasteiger partial charge >= 0.3 is 11.9 Å². The molecule has 0 saturated carbocycles. The van der Waals surface area contributed by atoms with Crippen LogP contribution in [0.5, 0.6) is 5.75 Å². The summed E-state index contributed by atoms with van der Waals surface area (Å²) in [7, 11) is 0. The molecule has 1 aromatic rings. The topological polar surface area (TPSA) is 112 Å². The molecule has 0 unspecified atom stereocenters. The monoisotopic (exact) mass is 379 g/mol. The number of pyridine rings is 1. The van der Waals surface area contributed by atoms with Crippen LogP contribution in [-0.2, 0) is 9.59 Å². The molecule has 0 bridgehead atoms. The largest absolute Gasteiger partial charge is 0.492 e. The Balaban J connectivity index is 0.000000387.